The molecule has 0 spiro atoms. The van der Waals surface area contributed by atoms with Crippen LogP contribution in [-0.4, -0.2) is 54.0 Å². The first kappa shape index (κ1) is 16.7. The van der Waals surface area contributed by atoms with E-state index in [1.807, 2.05) is 6.07 Å². The highest BCUT2D eigenvalue weighted by Gasteiger charge is 2.29. The smallest absolute Gasteiger partial charge is 0.272 e. The number of sulfonamides is 1. The summed E-state index contributed by atoms with van der Waals surface area (Å²) in [5.41, 5.74) is 2.20. The lowest BCUT2D eigenvalue weighted by Gasteiger charge is -2.30. The van der Waals surface area contributed by atoms with Gasteiger partial charge in [0.25, 0.3) is 5.91 Å². The number of hydrogen-bond acceptors (Lipinski definition) is 4. The second-order valence-electron chi connectivity index (χ2n) is 6.00. The van der Waals surface area contributed by atoms with Crippen LogP contribution in [0.5, 0.6) is 0 Å². The van der Waals surface area contributed by atoms with E-state index in [-0.39, 0.29) is 5.91 Å². The number of benzene rings is 1. The van der Waals surface area contributed by atoms with Gasteiger partial charge in [0.2, 0.25) is 10.0 Å². The minimum absolute atomic E-state index is 0.0958. The van der Waals surface area contributed by atoms with Crippen molar-refractivity contribution in [2.45, 2.75) is 17.9 Å². The van der Waals surface area contributed by atoms with Crippen molar-refractivity contribution in [1.82, 2.24) is 19.0 Å². The van der Waals surface area contributed by atoms with Gasteiger partial charge in [-0.25, -0.2) is 12.7 Å². The molecule has 2 heterocycles. The minimum Gasteiger partial charge on any atom is -0.333 e. The molecule has 128 valence electrons. The van der Waals surface area contributed by atoms with Crippen LogP contribution in [0, 0.1) is 0 Å². The predicted molar refractivity (Wildman–Crippen MR) is 89.0 cm³/mol. The van der Waals surface area contributed by atoms with E-state index >= 15 is 0 Å². The molecule has 0 radical (unpaired) electrons. The zero-order valence-electron chi connectivity index (χ0n) is 13.9. The van der Waals surface area contributed by atoms with Gasteiger partial charge in [0.15, 0.2) is 0 Å². The van der Waals surface area contributed by atoms with Crippen LogP contribution in [0.1, 0.15) is 21.6 Å². The molecular formula is C16H20N4O3S. The second-order valence-corrected chi connectivity index (χ2v) is 8.12. The topological polar surface area (TPSA) is 75.5 Å². The third-order valence-electron chi connectivity index (χ3n) is 4.31. The van der Waals surface area contributed by atoms with E-state index in [0.717, 1.165) is 11.1 Å². The summed E-state index contributed by atoms with van der Waals surface area (Å²) >= 11 is 0. The molecule has 1 aromatic heterocycles. The number of aromatic nitrogens is 2. The maximum absolute atomic E-state index is 12.6. The van der Waals surface area contributed by atoms with E-state index in [1.165, 1.54) is 18.4 Å². The zero-order valence-corrected chi connectivity index (χ0v) is 14.7. The summed E-state index contributed by atoms with van der Waals surface area (Å²) in [4.78, 5) is 14.7. The van der Waals surface area contributed by atoms with Crippen molar-refractivity contribution in [3.05, 3.63) is 47.3 Å². The fraction of sp³-hybridized carbons (Fsp3) is 0.375. The molecule has 0 fully saturated rings. The molecule has 1 amide bonds. The summed E-state index contributed by atoms with van der Waals surface area (Å²) in [5.74, 6) is -0.0958. The third kappa shape index (κ3) is 2.71. The molecular weight excluding hydrogens is 328 g/mol. The molecule has 0 saturated heterocycles. The highest BCUT2D eigenvalue weighted by atomic mass is 32.2. The first-order valence-electron chi connectivity index (χ1n) is 7.63. The maximum Gasteiger partial charge on any atom is 0.272 e. The molecule has 1 aliphatic rings. The van der Waals surface area contributed by atoms with Crippen LogP contribution < -0.4 is 0 Å². The standard InChI is InChI=1S/C16H20N4O3S/c1-18(2)24(22,23)15-6-4-5-12-11-20(10-8-13(12)15)16(21)14-7-9-17-19(14)3/h4-7,9H,8,10-11H2,1-3H3. The average molecular weight is 348 g/mol. The molecule has 0 atom stereocenters. The monoisotopic (exact) mass is 348 g/mol. The molecule has 2 aromatic rings. The Balaban J connectivity index is 1.93. The molecule has 7 nitrogen and oxygen atoms in total. The average Bonchev–Trinajstić information content (AvgIpc) is 2.98. The predicted octanol–water partition coefficient (Wildman–Crippen LogP) is 0.869. The molecule has 24 heavy (non-hydrogen) atoms. The number of nitrogens with zero attached hydrogens (tertiary/aromatic N) is 4. The SMILES string of the molecule is CN(C)S(=O)(=O)c1cccc2c1CCN(C(=O)c1ccnn1C)C2. The Morgan fingerprint density at radius 3 is 2.62 bits per heavy atom. The van der Waals surface area contributed by atoms with Crippen LogP contribution in [0.25, 0.3) is 0 Å². The van der Waals surface area contributed by atoms with Crippen molar-refractivity contribution in [2.24, 2.45) is 7.05 Å². The van der Waals surface area contributed by atoms with E-state index in [4.69, 9.17) is 0 Å². The minimum atomic E-state index is -3.49. The van der Waals surface area contributed by atoms with Gasteiger partial charge >= 0.3 is 0 Å². The number of hydrogen-bond donors (Lipinski definition) is 0. The number of carbonyl (C=O) groups excluding carboxylic acids is 1. The van der Waals surface area contributed by atoms with Crippen LogP contribution in [0.2, 0.25) is 0 Å². The highest BCUT2D eigenvalue weighted by Crippen LogP contribution is 2.27. The van der Waals surface area contributed by atoms with Gasteiger partial charge in [0, 0.05) is 40.4 Å². The van der Waals surface area contributed by atoms with Crippen molar-refractivity contribution >= 4 is 15.9 Å². The van der Waals surface area contributed by atoms with Gasteiger partial charge in [-0.15, -0.1) is 0 Å². The Bertz CT molecular complexity index is 886. The van der Waals surface area contributed by atoms with Gasteiger partial charge in [-0.05, 0) is 29.7 Å². The first-order valence-corrected chi connectivity index (χ1v) is 9.07. The van der Waals surface area contributed by atoms with Crippen molar-refractivity contribution < 1.29 is 13.2 Å². The maximum atomic E-state index is 12.6. The number of carbonyl (C=O) groups is 1. The van der Waals surface area contributed by atoms with Gasteiger partial charge in [-0.1, -0.05) is 12.1 Å². The van der Waals surface area contributed by atoms with Crippen molar-refractivity contribution in [1.29, 1.82) is 0 Å². The summed E-state index contributed by atoms with van der Waals surface area (Å²) in [6.07, 6.45) is 2.11. The Kier molecular flexibility index (Phi) is 4.18. The Morgan fingerprint density at radius 2 is 2.00 bits per heavy atom. The fourth-order valence-corrected chi connectivity index (χ4v) is 4.12. The molecule has 0 saturated carbocycles. The lowest BCUT2D eigenvalue weighted by Crippen LogP contribution is -2.37. The van der Waals surface area contributed by atoms with Gasteiger partial charge in [-0.3, -0.25) is 9.48 Å². The molecule has 8 heteroatoms. The third-order valence-corrected chi connectivity index (χ3v) is 6.21. The number of amides is 1. The van der Waals surface area contributed by atoms with Crippen LogP contribution in [0.15, 0.2) is 35.4 Å². The summed E-state index contributed by atoms with van der Waals surface area (Å²) < 4.78 is 27.7. The Morgan fingerprint density at radius 1 is 1.25 bits per heavy atom. The molecule has 1 aromatic carbocycles. The summed E-state index contributed by atoms with van der Waals surface area (Å²) in [6.45, 7) is 0.882. The normalized spacial score (nSPS) is 14.8. The largest absolute Gasteiger partial charge is 0.333 e. The zero-order chi connectivity index (χ0) is 17.5. The molecule has 0 aliphatic carbocycles. The van der Waals surface area contributed by atoms with E-state index in [0.29, 0.717) is 30.1 Å². The van der Waals surface area contributed by atoms with Gasteiger partial charge < -0.3 is 4.90 Å². The van der Waals surface area contributed by atoms with Crippen molar-refractivity contribution in [3.8, 4) is 0 Å². The number of rotatable bonds is 3. The van der Waals surface area contributed by atoms with E-state index in [2.05, 4.69) is 5.10 Å². The van der Waals surface area contributed by atoms with Crippen LogP contribution in [0.3, 0.4) is 0 Å². The van der Waals surface area contributed by atoms with E-state index in [1.54, 1.807) is 41.0 Å². The highest BCUT2D eigenvalue weighted by molar-refractivity contribution is 7.89. The lowest BCUT2D eigenvalue weighted by atomic mass is 9.99. The quantitative estimate of drug-likeness (QED) is 0.825. The van der Waals surface area contributed by atoms with Crippen molar-refractivity contribution in [2.75, 3.05) is 20.6 Å². The van der Waals surface area contributed by atoms with Crippen LogP contribution in [0.4, 0.5) is 0 Å². The lowest BCUT2D eigenvalue weighted by molar-refractivity contribution is 0.0723. The van der Waals surface area contributed by atoms with Crippen LogP contribution in [-0.2, 0) is 30.0 Å². The molecule has 0 N–H and O–H groups in total. The molecule has 1 aliphatic heterocycles. The summed E-state index contributed by atoms with van der Waals surface area (Å²) in [7, 11) is 1.29. The second kappa shape index (κ2) is 6.03. The Hall–Kier alpha value is -2.19. The van der Waals surface area contributed by atoms with Gasteiger partial charge in [0.1, 0.15) is 5.69 Å². The van der Waals surface area contributed by atoms with E-state index < -0.39 is 10.0 Å². The van der Waals surface area contributed by atoms with Gasteiger partial charge in [-0.2, -0.15) is 5.10 Å². The van der Waals surface area contributed by atoms with E-state index in [9.17, 15) is 13.2 Å². The molecule has 0 unspecified atom stereocenters. The Labute approximate surface area is 141 Å². The summed E-state index contributed by atoms with van der Waals surface area (Å²) in [5, 5.41) is 4.03. The molecule has 3 rings (SSSR count). The van der Waals surface area contributed by atoms with Crippen molar-refractivity contribution in [3.63, 3.8) is 0 Å². The fourth-order valence-electron chi connectivity index (χ4n) is 2.93. The number of fused-ring (bicyclic) bond motifs is 1. The van der Waals surface area contributed by atoms with Gasteiger partial charge in [0.05, 0.1) is 4.90 Å². The summed E-state index contributed by atoms with van der Waals surface area (Å²) in [6, 6.07) is 6.93. The van der Waals surface area contributed by atoms with Crippen LogP contribution >= 0.6 is 0 Å². The molecule has 0 bridgehead atoms. The first-order chi connectivity index (χ1) is 11.3. The number of aryl methyl sites for hydroxylation is 1.